The van der Waals surface area contributed by atoms with Crippen LogP contribution in [-0.4, -0.2) is 14.7 Å². The van der Waals surface area contributed by atoms with Gasteiger partial charge in [0, 0.05) is 11.2 Å². The van der Waals surface area contributed by atoms with Gasteiger partial charge in [-0.3, -0.25) is 0 Å². The van der Waals surface area contributed by atoms with Crippen molar-refractivity contribution in [3.05, 3.63) is 11.0 Å². The van der Waals surface area contributed by atoms with Crippen LogP contribution >= 0.6 is 0 Å². The molecule has 0 aromatic heterocycles. The summed E-state index contributed by atoms with van der Waals surface area (Å²) in [5.74, 6) is 0. The van der Waals surface area contributed by atoms with Gasteiger partial charge in [0.25, 0.3) is 0 Å². The fourth-order valence-corrected chi connectivity index (χ4v) is 1.63. The predicted octanol–water partition coefficient (Wildman–Crippen LogP) is 1.34. The Morgan fingerprint density at radius 1 is 1.56 bits per heavy atom. The molecular weight excluding hydrogens is 136 g/mol. The maximum Gasteiger partial charge on any atom is 0.171 e. The Bertz CT molecular complexity index is 199. The SMILES string of the molecule is CC=C(CC)S(C)(=O)=O. The van der Waals surface area contributed by atoms with Gasteiger partial charge in [0.05, 0.1) is 0 Å². The van der Waals surface area contributed by atoms with Crippen LogP contribution in [0.15, 0.2) is 11.0 Å². The van der Waals surface area contributed by atoms with E-state index in [0.717, 1.165) is 0 Å². The van der Waals surface area contributed by atoms with Gasteiger partial charge in [0.15, 0.2) is 9.84 Å². The second-order valence-electron chi connectivity index (χ2n) is 1.88. The molecule has 0 bridgehead atoms. The third kappa shape index (κ3) is 2.65. The van der Waals surface area contributed by atoms with Gasteiger partial charge in [-0.2, -0.15) is 0 Å². The molecule has 2 nitrogen and oxygen atoms in total. The predicted molar refractivity (Wildman–Crippen MR) is 38.9 cm³/mol. The largest absolute Gasteiger partial charge is 0.224 e. The van der Waals surface area contributed by atoms with Gasteiger partial charge in [0.1, 0.15) is 0 Å². The van der Waals surface area contributed by atoms with Crippen LogP contribution in [0, 0.1) is 0 Å². The molecule has 0 atom stereocenters. The molecule has 0 N–H and O–H groups in total. The van der Waals surface area contributed by atoms with E-state index in [0.29, 0.717) is 11.3 Å². The molecule has 3 heteroatoms. The summed E-state index contributed by atoms with van der Waals surface area (Å²) in [5.41, 5.74) is 0. The lowest BCUT2D eigenvalue weighted by atomic mass is 10.4. The van der Waals surface area contributed by atoms with E-state index < -0.39 is 9.84 Å². The van der Waals surface area contributed by atoms with Gasteiger partial charge in [-0.05, 0) is 13.3 Å². The molecule has 0 rings (SSSR count). The summed E-state index contributed by atoms with van der Waals surface area (Å²) in [4.78, 5) is 0.516. The highest BCUT2D eigenvalue weighted by Crippen LogP contribution is 2.07. The molecule has 0 saturated carbocycles. The first kappa shape index (κ1) is 8.69. The quantitative estimate of drug-likeness (QED) is 0.592. The normalized spacial score (nSPS) is 13.9. The zero-order chi connectivity index (χ0) is 7.49. The van der Waals surface area contributed by atoms with Crippen LogP contribution in [0.3, 0.4) is 0 Å². The fourth-order valence-electron chi connectivity index (χ4n) is 0.680. The Morgan fingerprint density at radius 3 is 2.00 bits per heavy atom. The topological polar surface area (TPSA) is 34.1 Å². The van der Waals surface area contributed by atoms with E-state index in [4.69, 9.17) is 0 Å². The lowest BCUT2D eigenvalue weighted by molar-refractivity contribution is 0.606. The summed E-state index contributed by atoms with van der Waals surface area (Å²) in [6.45, 7) is 3.57. The number of rotatable bonds is 2. The molecule has 54 valence electrons. The minimum Gasteiger partial charge on any atom is -0.224 e. The molecule has 0 aromatic rings. The zero-order valence-corrected chi connectivity index (χ0v) is 6.83. The van der Waals surface area contributed by atoms with Crippen molar-refractivity contribution in [2.75, 3.05) is 6.26 Å². The standard InChI is InChI=1S/C6H12O2S/c1-4-6(5-2)9(3,7)8/h4H,5H2,1-3H3. The van der Waals surface area contributed by atoms with Gasteiger partial charge in [-0.25, -0.2) is 8.42 Å². The van der Waals surface area contributed by atoms with Crippen molar-refractivity contribution in [2.45, 2.75) is 20.3 Å². The summed E-state index contributed by atoms with van der Waals surface area (Å²) in [6.07, 6.45) is 3.45. The van der Waals surface area contributed by atoms with Crippen LogP contribution in [0.1, 0.15) is 20.3 Å². The highest BCUT2D eigenvalue weighted by atomic mass is 32.2. The summed E-state index contributed by atoms with van der Waals surface area (Å²) in [7, 11) is -2.90. The molecule has 0 saturated heterocycles. The van der Waals surface area contributed by atoms with Crippen LogP contribution < -0.4 is 0 Å². The minimum absolute atomic E-state index is 0.516. The molecule has 0 aromatic carbocycles. The Labute approximate surface area is 56.5 Å². The van der Waals surface area contributed by atoms with Crippen molar-refractivity contribution in [2.24, 2.45) is 0 Å². The highest BCUT2D eigenvalue weighted by Gasteiger charge is 2.05. The van der Waals surface area contributed by atoms with Gasteiger partial charge in [0.2, 0.25) is 0 Å². The summed E-state index contributed by atoms with van der Waals surface area (Å²) < 4.78 is 21.5. The maximum absolute atomic E-state index is 10.7. The molecule has 0 aliphatic carbocycles. The second kappa shape index (κ2) is 3.01. The molecule has 0 radical (unpaired) electrons. The van der Waals surface area contributed by atoms with Crippen LogP contribution in [0.25, 0.3) is 0 Å². The monoisotopic (exact) mass is 148 g/mol. The molecule has 0 amide bonds. The lowest BCUT2D eigenvalue weighted by Crippen LogP contribution is -1.98. The van der Waals surface area contributed by atoms with E-state index in [9.17, 15) is 8.42 Å². The Hall–Kier alpha value is -0.310. The zero-order valence-electron chi connectivity index (χ0n) is 6.01. The average molecular weight is 148 g/mol. The second-order valence-corrected chi connectivity index (χ2v) is 3.95. The van der Waals surface area contributed by atoms with Gasteiger partial charge in [-0.1, -0.05) is 13.0 Å². The molecule has 0 spiro atoms. The van der Waals surface area contributed by atoms with E-state index in [2.05, 4.69) is 0 Å². The average Bonchev–Trinajstić information content (AvgIpc) is 1.65. The van der Waals surface area contributed by atoms with E-state index >= 15 is 0 Å². The Balaban J connectivity index is 4.56. The Morgan fingerprint density at radius 2 is 2.00 bits per heavy atom. The van der Waals surface area contributed by atoms with E-state index in [1.807, 2.05) is 6.92 Å². The van der Waals surface area contributed by atoms with Gasteiger partial charge < -0.3 is 0 Å². The molecule has 0 fully saturated rings. The smallest absolute Gasteiger partial charge is 0.171 e. The fraction of sp³-hybridized carbons (Fsp3) is 0.667. The maximum atomic E-state index is 10.7. The number of sulfone groups is 1. The lowest BCUT2D eigenvalue weighted by Gasteiger charge is -1.97. The summed E-state index contributed by atoms with van der Waals surface area (Å²) in [6, 6.07) is 0. The third-order valence-corrected chi connectivity index (χ3v) is 2.62. The van der Waals surface area contributed by atoms with Gasteiger partial charge >= 0.3 is 0 Å². The Kier molecular flexibility index (Phi) is 2.91. The highest BCUT2D eigenvalue weighted by molar-refractivity contribution is 7.94. The molecule has 0 heterocycles. The number of allylic oxidation sites excluding steroid dienone is 2. The van der Waals surface area contributed by atoms with Crippen LogP contribution in [0.5, 0.6) is 0 Å². The molecule has 0 unspecified atom stereocenters. The first-order chi connectivity index (χ1) is 4.02. The van der Waals surface area contributed by atoms with Crippen molar-refractivity contribution in [3.63, 3.8) is 0 Å². The molecule has 0 aliphatic heterocycles. The van der Waals surface area contributed by atoms with E-state index in [1.54, 1.807) is 13.0 Å². The molecule has 0 aliphatic rings. The van der Waals surface area contributed by atoms with E-state index in [-0.39, 0.29) is 0 Å². The van der Waals surface area contributed by atoms with Crippen LogP contribution in [0.2, 0.25) is 0 Å². The van der Waals surface area contributed by atoms with Crippen molar-refractivity contribution < 1.29 is 8.42 Å². The minimum atomic E-state index is -2.90. The van der Waals surface area contributed by atoms with Crippen molar-refractivity contribution in [1.82, 2.24) is 0 Å². The van der Waals surface area contributed by atoms with Crippen molar-refractivity contribution >= 4 is 9.84 Å². The third-order valence-electron chi connectivity index (χ3n) is 1.15. The number of hydrogen-bond acceptors (Lipinski definition) is 2. The number of hydrogen-bond donors (Lipinski definition) is 0. The van der Waals surface area contributed by atoms with Crippen molar-refractivity contribution in [1.29, 1.82) is 0 Å². The van der Waals surface area contributed by atoms with Crippen LogP contribution in [-0.2, 0) is 9.84 Å². The molecule has 9 heavy (non-hydrogen) atoms. The van der Waals surface area contributed by atoms with Crippen molar-refractivity contribution in [3.8, 4) is 0 Å². The first-order valence-electron chi connectivity index (χ1n) is 2.87. The summed E-state index contributed by atoms with van der Waals surface area (Å²) in [5, 5.41) is 0. The van der Waals surface area contributed by atoms with E-state index in [1.165, 1.54) is 6.26 Å². The first-order valence-corrected chi connectivity index (χ1v) is 4.76. The summed E-state index contributed by atoms with van der Waals surface area (Å²) >= 11 is 0. The molecular formula is C6H12O2S. The van der Waals surface area contributed by atoms with Crippen LogP contribution in [0.4, 0.5) is 0 Å². The van der Waals surface area contributed by atoms with Gasteiger partial charge in [-0.15, -0.1) is 0 Å².